The van der Waals surface area contributed by atoms with Crippen LogP contribution in [0.4, 0.5) is 5.00 Å². The van der Waals surface area contributed by atoms with Crippen molar-refractivity contribution in [3.63, 3.8) is 0 Å². The van der Waals surface area contributed by atoms with E-state index in [-0.39, 0.29) is 23.4 Å². The Labute approximate surface area is 156 Å². The number of aryl methyl sites for hydroxylation is 1. The van der Waals surface area contributed by atoms with Gasteiger partial charge in [0.2, 0.25) is 0 Å². The van der Waals surface area contributed by atoms with E-state index in [2.05, 4.69) is 10.6 Å². The van der Waals surface area contributed by atoms with Crippen LogP contribution in [0, 0.1) is 13.8 Å². The third-order valence-corrected chi connectivity index (χ3v) is 4.91. The second-order valence-corrected chi connectivity index (χ2v) is 7.22. The van der Waals surface area contributed by atoms with E-state index in [1.165, 1.54) is 7.11 Å². The standard InChI is InChI=1S/C19H22N2O4S/c1-10(2)20-17(23)15-12(4)14(19(24)25-5)18(26-15)21-16(22)13-8-6-11(3)7-9-13/h6-10H,1-5H3,(H,20,23)(H,21,22). The van der Waals surface area contributed by atoms with Crippen molar-refractivity contribution in [3.05, 3.63) is 51.4 Å². The number of anilines is 1. The summed E-state index contributed by atoms with van der Waals surface area (Å²) in [6.07, 6.45) is 0. The van der Waals surface area contributed by atoms with Crippen LogP contribution in [-0.4, -0.2) is 30.9 Å². The van der Waals surface area contributed by atoms with E-state index in [1.807, 2.05) is 32.9 Å². The number of carbonyl (C=O) groups excluding carboxylic acids is 3. The van der Waals surface area contributed by atoms with Crippen molar-refractivity contribution in [3.8, 4) is 0 Å². The molecule has 2 amide bonds. The smallest absolute Gasteiger partial charge is 0.341 e. The van der Waals surface area contributed by atoms with Gasteiger partial charge >= 0.3 is 5.97 Å². The molecule has 0 aliphatic heterocycles. The number of thiophene rings is 1. The number of benzene rings is 1. The molecule has 0 spiro atoms. The van der Waals surface area contributed by atoms with E-state index in [4.69, 9.17) is 4.74 Å². The van der Waals surface area contributed by atoms with Crippen LogP contribution in [0.15, 0.2) is 24.3 Å². The average molecular weight is 374 g/mol. The number of rotatable bonds is 5. The van der Waals surface area contributed by atoms with Gasteiger partial charge in [0.1, 0.15) is 5.00 Å². The zero-order valence-electron chi connectivity index (χ0n) is 15.4. The molecule has 0 aliphatic rings. The van der Waals surface area contributed by atoms with Gasteiger partial charge in [-0.3, -0.25) is 9.59 Å². The Bertz CT molecular complexity index is 838. The number of amides is 2. The molecule has 7 heteroatoms. The highest BCUT2D eigenvalue weighted by Gasteiger charge is 2.26. The van der Waals surface area contributed by atoms with Gasteiger partial charge in [0, 0.05) is 11.6 Å². The maximum absolute atomic E-state index is 12.5. The van der Waals surface area contributed by atoms with Crippen LogP contribution in [-0.2, 0) is 4.74 Å². The number of methoxy groups -OCH3 is 1. The monoisotopic (exact) mass is 374 g/mol. The number of carbonyl (C=O) groups is 3. The summed E-state index contributed by atoms with van der Waals surface area (Å²) in [6, 6.07) is 7.02. The SMILES string of the molecule is COC(=O)c1c(NC(=O)c2ccc(C)cc2)sc(C(=O)NC(C)C)c1C. The van der Waals surface area contributed by atoms with Gasteiger partial charge in [0.25, 0.3) is 11.8 Å². The molecule has 0 atom stereocenters. The molecule has 26 heavy (non-hydrogen) atoms. The molecule has 0 bridgehead atoms. The quantitative estimate of drug-likeness (QED) is 0.784. The van der Waals surface area contributed by atoms with Gasteiger partial charge in [0.15, 0.2) is 0 Å². The molecule has 1 aromatic heterocycles. The van der Waals surface area contributed by atoms with Crippen molar-refractivity contribution in [2.24, 2.45) is 0 Å². The van der Waals surface area contributed by atoms with Gasteiger partial charge < -0.3 is 15.4 Å². The summed E-state index contributed by atoms with van der Waals surface area (Å²) in [5, 5.41) is 5.82. The molecule has 6 nitrogen and oxygen atoms in total. The summed E-state index contributed by atoms with van der Waals surface area (Å²) in [5.74, 6) is -1.24. The predicted octanol–water partition coefficient (Wildman–Crippen LogP) is 3.54. The van der Waals surface area contributed by atoms with Crippen molar-refractivity contribution >= 4 is 34.1 Å². The number of ether oxygens (including phenoxy) is 1. The lowest BCUT2D eigenvalue weighted by Crippen LogP contribution is -2.29. The average Bonchev–Trinajstić information content (AvgIpc) is 2.90. The molecule has 138 valence electrons. The van der Waals surface area contributed by atoms with Gasteiger partial charge in [-0.2, -0.15) is 0 Å². The molecule has 0 aliphatic carbocycles. The molecule has 2 rings (SSSR count). The fourth-order valence-electron chi connectivity index (χ4n) is 2.37. The topological polar surface area (TPSA) is 84.5 Å². The second-order valence-electron chi connectivity index (χ2n) is 6.20. The van der Waals surface area contributed by atoms with Crippen LogP contribution in [0.2, 0.25) is 0 Å². The highest BCUT2D eigenvalue weighted by molar-refractivity contribution is 7.18. The molecule has 0 fully saturated rings. The van der Waals surface area contributed by atoms with E-state index in [0.717, 1.165) is 16.9 Å². The fraction of sp³-hybridized carbons (Fsp3) is 0.316. The fourth-order valence-corrected chi connectivity index (χ4v) is 3.47. The van der Waals surface area contributed by atoms with Gasteiger partial charge in [0.05, 0.1) is 17.6 Å². The maximum Gasteiger partial charge on any atom is 0.341 e. The molecule has 0 unspecified atom stereocenters. The summed E-state index contributed by atoms with van der Waals surface area (Å²) in [5.41, 5.74) is 2.19. The van der Waals surface area contributed by atoms with Gasteiger partial charge in [-0.25, -0.2) is 4.79 Å². The van der Waals surface area contributed by atoms with Crippen LogP contribution in [0.25, 0.3) is 0 Å². The van der Waals surface area contributed by atoms with E-state index >= 15 is 0 Å². The summed E-state index contributed by atoms with van der Waals surface area (Å²) in [4.78, 5) is 37.4. The lowest BCUT2D eigenvalue weighted by molar-refractivity contribution is 0.0601. The zero-order valence-corrected chi connectivity index (χ0v) is 16.2. The van der Waals surface area contributed by atoms with Crippen molar-refractivity contribution in [1.29, 1.82) is 0 Å². The van der Waals surface area contributed by atoms with Crippen LogP contribution in [0.1, 0.15) is 55.4 Å². The van der Waals surface area contributed by atoms with Crippen LogP contribution >= 0.6 is 11.3 Å². The van der Waals surface area contributed by atoms with Crippen LogP contribution < -0.4 is 10.6 Å². The molecule has 0 saturated heterocycles. The van der Waals surface area contributed by atoms with Crippen LogP contribution in [0.3, 0.4) is 0 Å². The van der Waals surface area contributed by atoms with Gasteiger partial charge in [-0.15, -0.1) is 11.3 Å². The molecule has 0 saturated carbocycles. The van der Waals surface area contributed by atoms with Crippen molar-refractivity contribution in [2.75, 3.05) is 12.4 Å². The predicted molar refractivity (Wildman–Crippen MR) is 102 cm³/mol. The van der Waals surface area contributed by atoms with Gasteiger partial charge in [-0.05, 0) is 45.4 Å². The summed E-state index contributed by atoms with van der Waals surface area (Å²) < 4.78 is 4.82. The number of esters is 1. The summed E-state index contributed by atoms with van der Waals surface area (Å²) in [7, 11) is 1.26. The molecular weight excluding hydrogens is 352 g/mol. The first-order chi connectivity index (χ1) is 12.2. The summed E-state index contributed by atoms with van der Waals surface area (Å²) >= 11 is 1.06. The molecule has 2 N–H and O–H groups in total. The molecule has 1 heterocycles. The third-order valence-electron chi connectivity index (χ3n) is 3.70. The number of hydrogen-bond donors (Lipinski definition) is 2. The minimum Gasteiger partial charge on any atom is -0.465 e. The van der Waals surface area contributed by atoms with Crippen molar-refractivity contribution in [2.45, 2.75) is 33.7 Å². The Balaban J connectivity index is 2.39. The normalized spacial score (nSPS) is 10.5. The Hall–Kier alpha value is -2.67. The molecule has 2 aromatic rings. The third kappa shape index (κ3) is 4.29. The van der Waals surface area contributed by atoms with Crippen LogP contribution in [0.5, 0.6) is 0 Å². The van der Waals surface area contributed by atoms with Crippen molar-refractivity contribution < 1.29 is 19.1 Å². The van der Waals surface area contributed by atoms with E-state index in [1.54, 1.807) is 19.1 Å². The Morgan fingerprint density at radius 3 is 2.19 bits per heavy atom. The van der Waals surface area contributed by atoms with Gasteiger partial charge in [-0.1, -0.05) is 17.7 Å². The molecule has 0 radical (unpaired) electrons. The Morgan fingerprint density at radius 2 is 1.65 bits per heavy atom. The Morgan fingerprint density at radius 1 is 1.04 bits per heavy atom. The highest BCUT2D eigenvalue weighted by atomic mass is 32.1. The van der Waals surface area contributed by atoms with Crippen molar-refractivity contribution in [1.82, 2.24) is 5.32 Å². The second kappa shape index (κ2) is 8.14. The molecular formula is C19H22N2O4S. The number of nitrogens with one attached hydrogen (secondary N) is 2. The van der Waals surface area contributed by atoms with E-state index < -0.39 is 5.97 Å². The number of hydrogen-bond acceptors (Lipinski definition) is 5. The molecule has 1 aromatic carbocycles. The lowest BCUT2D eigenvalue weighted by Gasteiger charge is -2.07. The minimum atomic E-state index is -0.596. The summed E-state index contributed by atoms with van der Waals surface area (Å²) in [6.45, 7) is 7.29. The first-order valence-corrected chi connectivity index (χ1v) is 8.96. The minimum absolute atomic E-state index is 0.0452. The Kier molecular flexibility index (Phi) is 6.15. The zero-order chi connectivity index (χ0) is 19.4. The first-order valence-electron chi connectivity index (χ1n) is 8.15. The lowest BCUT2D eigenvalue weighted by atomic mass is 10.1. The highest BCUT2D eigenvalue weighted by Crippen LogP contribution is 2.34. The van der Waals surface area contributed by atoms with E-state index in [0.29, 0.717) is 21.0 Å². The first kappa shape index (κ1) is 19.7. The van der Waals surface area contributed by atoms with E-state index in [9.17, 15) is 14.4 Å². The largest absolute Gasteiger partial charge is 0.465 e. The maximum atomic E-state index is 12.5.